The molecule has 2 atom stereocenters. The van der Waals surface area contributed by atoms with Crippen LogP contribution in [0.2, 0.25) is 5.02 Å². The smallest absolute Gasteiger partial charge is 0.0590 e. The third-order valence-electron chi connectivity index (χ3n) is 3.30. The van der Waals surface area contributed by atoms with E-state index in [-0.39, 0.29) is 12.1 Å². The highest BCUT2D eigenvalue weighted by Crippen LogP contribution is 2.30. The Bertz CT molecular complexity index is 382. The fourth-order valence-corrected chi connectivity index (χ4v) is 2.64. The lowest BCUT2D eigenvalue weighted by atomic mass is 9.97. The number of nitrogens with two attached hydrogens (primary N) is 1. The normalized spacial score (nSPS) is 14.9. The van der Waals surface area contributed by atoms with E-state index in [1.807, 2.05) is 25.1 Å². The highest BCUT2D eigenvalue weighted by Gasteiger charge is 2.27. The van der Waals surface area contributed by atoms with Crippen LogP contribution < -0.4 is 5.73 Å². The van der Waals surface area contributed by atoms with E-state index in [9.17, 15) is 0 Å². The predicted octanol–water partition coefficient (Wildman–Crippen LogP) is 3.09. The second-order valence-electron chi connectivity index (χ2n) is 5.15. The summed E-state index contributed by atoms with van der Waals surface area (Å²) in [7, 11) is 1.72. The van der Waals surface area contributed by atoms with Crippen molar-refractivity contribution in [2.75, 3.05) is 20.3 Å². The van der Waals surface area contributed by atoms with Gasteiger partial charge in [0.05, 0.1) is 12.6 Å². The minimum absolute atomic E-state index is 0.000781. The largest absolute Gasteiger partial charge is 0.383 e. The molecule has 0 aromatic heterocycles. The third kappa shape index (κ3) is 4.46. The van der Waals surface area contributed by atoms with Gasteiger partial charge >= 0.3 is 0 Å². The Morgan fingerprint density at radius 3 is 2.37 bits per heavy atom. The van der Waals surface area contributed by atoms with E-state index in [2.05, 4.69) is 24.8 Å². The molecule has 0 saturated heterocycles. The summed E-state index contributed by atoms with van der Waals surface area (Å²) < 4.78 is 5.20. The maximum atomic E-state index is 6.33. The Morgan fingerprint density at radius 2 is 1.89 bits per heavy atom. The molecule has 0 radical (unpaired) electrons. The maximum Gasteiger partial charge on any atom is 0.0590 e. The molecule has 2 unspecified atom stereocenters. The molecular formula is C15H25ClN2O. The highest BCUT2D eigenvalue weighted by atomic mass is 35.5. The van der Waals surface area contributed by atoms with Crippen LogP contribution >= 0.6 is 11.6 Å². The molecular weight excluding hydrogens is 260 g/mol. The average molecular weight is 285 g/mol. The second-order valence-corrected chi connectivity index (χ2v) is 5.56. The number of hydrogen-bond donors (Lipinski definition) is 1. The minimum Gasteiger partial charge on any atom is -0.383 e. The molecule has 108 valence electrons. The number of nitrogens with zero attached hydrogens (tertiary/aromatic N) is 1. The van der Waals surface area contributed by atoms with Gasteiger partial charge in [-0.2, -0.15) is 0 Å². The standard InChI is InChI=1S/C15H25ClN2O/c1-11(2)18(9-10-19-4)15(12(3)17)13-7-5-6-8-14(13)16/h5-8,11-12,15H,9-10,17H2,1-4H3. The van der Waals surface area contributed by atoms with E-state index in [0.29, 0.717) is 12.6 Å². The van der Waals surface area contributed by atoms with Gasteiger partial charge in [-0.1, -0.05) is 29.8 Å². The van der Waals surface area contributed by atoms with Gasteiger partial charge in [0.15, 0.2) is 0 Å². The third-order valence-corrected chi connectivity index (χ3v) is 3.64. The first-order chi connectivity index (χ1) is 8.99. The molecule has 1 rings (SSSR count). The van der Waals surface area contributed by atoms with Crippen LogP contribution in [0.4, 0.5) is 0 Å². The van der Waals surface area contributed by atoms with Crippen molar-refractivity contribution in [3.63, 3.8) is 0 Å². The van der Waals surface area contributed by atoms with Gasteiger partial charge in [-0.25, -0.2) is 0 Å². The summed E-state index contributed by atoms with van der Waals surface area (Å²) in [4.78, 5) is 2.34. The van der Waals surface area contributed by atoms with E-state index in [0.717, 1.165) is 17.1 Å². The Hall–Kier alpha value is -0.610. The number of ether oxygens (including phenoxy) is 1. The highest BCUT2D eigenvalue weighted by molar-refractivity contribution is 6.31. The molecule has 0 aliphatic carbocycles. The molecule has 1 aromatic rings. The van der Waals surface area contributed by atoms with Gasteiger partial charge in [-0.3, -0.25) is 4.90 Å². The van der Waals surface area contributed by atoms with Crippen LogP contribution in [0.15, 0.2) is 24.3 Å². The zero-order valence-electron chi connectivity index (χ0n) is 12.3. The number of halogens is 1. The van der Waals surface area contributed by atoms with Crippen molar-refractivity contribution >= 4 is 11.6 Å². The maximum absolute atomic E-state index is 6.33. The zero-order chi connectivity index (χ0) is 14.4. The van der Waals surface area contributed by atoms with Crippen LogP contribution in [-0.4, -0.2) is 37.2 Å². The van der Waals surface area contributed by atoms with Crippen molar-refractivity contribution in [2.24, 2.45) is 5.73 Å². The topological polar surface area (TPSA) is 38.5 Å². The van der Waals surface area contributed by atoms with Gasteiger partial charge in [0.25, 0.3) is 0 Å². The van der Waals surface area contributed by atoms with E-state index in [4.69, 9.17) is 22.1 Å². The molecule has 0 bridgehead atoms. The quantitative estimate of drug-likeness (QED) is 0.836. The molecule has 0 amide bonds. The monoisotopic (exact) mass is 284 g/mol. The fraction of sp³-hybridized carbons (Fsp3) is 0.600. The Balaban J connectivity index is 3.07. The molecule has 19 heavy (non-hydrogen) atoms. The number of hydrogen-bond acceptors (Lipinski definition) is 3. The first kappa shape index (κ1) is 16.4. The van der Waals surface area contributed by atoms with E-state index >= 15 is 0 Å². The molecule has 0 aliphatic rings. The second kappa shape index (κ2) is 7.85. The minimum atomic E-state index is -0.000781. The summed E-state index contributed by atoms with van der Waals surface area (Å²) in [6.07, 6.45) is 0. The predicted molar refractivity (Wildman–Crippen MR) is 81.6 cm³/mol. The molecule has 2 N–H and O–H groups in total. The number of methoxy groups -OCH3 is 1. The molecule has 0 heterocycles. The van der Waals surface area contributed by atoms with E-state index in [1.165, 1.54) is 0 Å². The van der Waals surface area contributed by atoms with Crippen molar-refractivity contribution in [3.8, 4) is 0 Å². The van der Waals surface area contributed by atoms with Crippen molar-refractivity contribution in [1.29, 1.82) is 0 Å². The van der Waals surface area contributed by atoms with Crippen molar-refractivity contribution in [1.82, 2.24) is 4.90 Å². The van der Waals surface area contributed by atoms with Crippen LogP contribution in [0.1, 0.15) is 32.4 Å². The van der Waals surface area contributed by atoms with Crippen molar-refractivity contribution in [2.45, 2.75) is 38.9 Å². The lowest BCUT2D eigenvalue weighted by Crippen LogP contribution is -2.44. The first-order valence-corrected chi connectivity index (χ1v) is 7.11. The SMILES string of the molecule is COCCN(C(C)C)C(c1ccccc1Cl)C(C)N. The Kier molecular flexibility index (Phi) is 6.80. The summed E-state index contributed by atoms with van der Waals surface area (Å²) in [6.45, 7) is 7.89. The summed E-state index contributed by atoms with van der Waals surface area (Å²) in [6, 6.07) is 8.40. The zero-order valence-corrected chi connectivity index (χ0v) is 13.0. The van der Waals surface area contributed by atoms with Gasteiger partial charge in [0.1, 0.15) is 0 Å². The van der Waals surface area contributed by atoms with Crippen molar-refractivity contribution < 1.29 is 4.74 Å². The lowest BCUT2D eigenvalue weighted by Gasteiger charge is -2.37. The van der Waals surface area contributed by atoms with Crippen LogP contribution in [0.25, 0.3) is 0 Å². The van der Waals surface area contributed by atoms with Crippen LogP contribution in [-0.2, 0) is 4.74 Å². The summed E-state index contributed by atoms with van der Waals surface area (Å²) >= 11 is 6.33. The first-order valence-electron chi connectivity index (χ1n) is 6.73. The molecule has 0 saturated carbocycles. The van der Waals surface area contributed by atoms with Crippen LogP contribution in [0.3, 0.4) is 0 Å². The summed E-state index contributed by atoms with van der Waals surface area (Å²) in [5.41, 5.74) is 7.29. The van der Waals surface area contributed by atoms with Crippen molar-refractivity contribution in [3.05, 3.63) is 34.9 Å². The Labute approximate surface area is 121 Å². The molecule has 0 aliphatic heterocycles. The Morgan fingerprint density at radius 1 is 1.26 bits per heavy atom. The lowest BCUT2D eigenvalue weighted by molar-refractivity contribution is 0.0864. The van der Waals surface area contributed by atoms with Gasteiger partial charge in [0, 0.05) is 30.8 Å². The molecule has 0 fully saturated rings. The number of rotatable bonds is 7. The van der Waals surface area contributed by atoms with Gasteiger partial charge in [0.2, 0.25) is 0 Å². The molecule has 1 aromatic carbocycles. The van der Waals surface area contributed by atoms with Gasteiger partial charge in [-0.05, 0) is 32.4 Å². The average Bonchev–Trinajstić information content (AvgIpc) is 2.35. The fourth-order valence-electron chi connectivity index (χ4n) is 2.39. The molecule has 3 nitrogen and oxygen atoms in total. The molecule has 4 heteroatoms. The van der Waals surface area contributed by atoms with Gasteiger partial charge in [-0.15, -0.1) is 0 Å². The summed E-state index contributed by atoms with van der Waals surface area (Å²) in [5, 5.41) is 0.771. The van der Waals surface area contributed by atoms with Crippen LogP contribution in [0.5, 0.6) is 0 Å². The number of benzene rings is 1. The van der Waals surface area contributed by atoms with E-state index < -0.39 is 0 Å². The van der Waals surface area contributed by atoms with Crippen LogP contribution in [0, 0.1) is 0 Å². The summed E-state index contributed by atoms with van der Waals surface area (Å²) in [5.74, 6) is 0. The van der Waals surface area contributed by atoms with Gasteiger partial charge < -0.3 is 10.5 Å². The van der Waals surface area contributed by atoms with E-state index in [1.54, 1.807) is 7.11 Å². The molecule has 0 spiro atoms.